The van der Waals surface area contributed by atoms with Crippen molar-refractivity contribution in [1.82, 2.24) is 25.2 Å². The Morgan fingerprint density at radius 1 is 1.03 bits per heavy atom. The molecule has 0 atom stereocenters. The van der Waals surface area contributed by atoms with E-state index in [1.165, 1.54) is 5.69 Å². The van der Waals surface area contributed by atoms with Crippen LogP contribution in [0.3, 0.4) is 0 Å². The number of rotatable bonds is 5. The standard InChI is InChI=1S/C24H23ClN6O.2C2H6/c25-20-6-3-5-17(12-20)21-15-29-31-16-19(14-27-23(21)31)24(32)28-13-18-4-1-2-7-22(18)30-10-8-26-9-11-30;2*1-2/h1-7,12,14-16,26H,8-11,13H2,(H,28,32);2*1-2H3. The molecule has 2 aromatic heterocycles. The molecular weight excluding hydrogens is 472 g/mol. The fraction of sp³-hybridized carbons (Fsp3) is 0.321. The summed E-state index contributed by atoms with van der Waals surface area (Å²) in [7, 11) is 0. The average molecular weight is 507 g/mol. The topological polar surface area (TPSA) is 74.6 Å². The number of amides is 1. The van der Waals surface area contributed by atoms with E-state index in [0.717, 1.165) is 42.9 Å². The van der Waals surface area contributed by atoms with Gasteiger partial charge in [0.2, 0.25) is 0 Å². The van der Waals surface area contributed by atoms with Gasteiger partial charge in [0.05, 0.1) is 11.8 Å². The zero-order chi connectivity index (χ0) is 25.9. The molecule has 1 aliphatic heterocycles. The van der Waals surface area contributed by atoms with Gasteiger partial charge in [0, 0.05) is 61.4 Å². The van der Waals surface area contributed by atoms with E-state index in [4.69, 9.17) is 11.6 Å². The van der Waals surface area contributed by atoms with Crippen molar-refractivity contribution in [1.29, 1.82) is 0 Å². The van der Waals surface area contributed by atoms with E-state index in [9.17, 15) is 4.79 Å². The Kier molecular flexibility index (Phi) is 10.3. The summed E-state index contributed by atoms with van der Waals surface area (Å²) in [4.78, 5) is 19.7. The predicted molar refractivity (Wildman–Crippen MR) is 149 cm³/mol. The van der Waals surface area contributed by atoms with Crippen LogP contribution in [0.2, 0.25) is 5.02 Å². The zero-order valence-electron chi connectivity index (χ0n) is 21.5. The Balaban J connectivity index is 0.000000861. The molecule has 0 spiro atoms. The molecule has 2 aromatic carbocycles. The Morgan fingerprint density at radius 2 is 1.78 bits per heavy atom. The molecule has 1 saturated heterocycles. The van der Waals surface area contributed by atoms with E-state index >= 15 is 0 Å². The Bertz CT molecular complexity index is 1270. The second kappa shape index (κ2) is 13.6. The molecule has 190 valence electrons. The van der Waals surface area contributed by atoms with E-state index in [0.29, 0.717) is 22.8 Å². The summed E-state index contributed by atoms with van der Waals surface area (Å²) in [6.07, 6.45) is 5.02. The SMILES string of the molecule is CC.CC.O=C(NCc1ccccc1N1CCNCC1)c1cnc2c(-c3cccc(Cl)c3)cnn2c1. The maximum atomic E-state index is 12.8. The Labute approximate surface area is 218 Å². The molecule has 0 aliphatic carbocycles. The van der Waals surface area contributed by atoms with Crippen molar-refractivity contribution >= 4 is 28.8 Å². The lowest BCUT2D eigenvalue weighted by Gasteiger charge is -2.31. The maximum absolute atomic E-state index is 12.8. The van der Waals surface area contributed by atoms with Crippen LogP contribution in [0.4, 0.5) is 5.69 Å². The molecule has 7 nitrogen and oxygen atoms in total. The van der Waals surface area contributed by atoms with Crippen LogP contribution in [0.5, 0.6) is 0 Å². The molecule has 8 heteroatoms. The van der Waals surface area contributed by atoms with Crippen molar-refractivity contribution < 1.29 is 4.79 Å². The number of carbonyl (C=O) groups excluding carboxylic acids is 1. The zero-order valence-corrected chi connectivity index (χ0v) is 22.2. The van der Waals surface area contributed by atoms with Crippen molar-refractivity contribution in [3.05, 3.63) is 83.3 Å². The highest BCUT2D eigenvalue weighted by molar-refractivity contribution is 6.30. The van der Waals surface area contributed by atoms with Gasteiger partial charge < -0.3 is 15.5 Å². The summed E-state index contributed by atoms with van der Waals surface area (Å²) in [6, 6.07) is 15.8. The van der Waals surface area contributed by atoms with Crippen LogP contribution >= 0.6 is 11.6 Å². The Morgan fingerprint density at radius 3 is 2.53 bits per heavy atom. The quantitative estimate of drug-likeness (QED) is 0.377. The van der Waals surface area contributed by atoms with Crippen molar-refractivity contribution in [3.8, 4) is 11.1 Å². The van der Waals surface area contributed by atoms with Crippen molar-refractivity contribution in [2.75, 3.05) is 31.1 Å². The van der Waals surface area contributed by atoms with E-state index in [1.807, 2.05) is 64.1 Å². The minimum atomic E-state index is -0.186. The molecule has 1 aliphatic rings. The summed E-state index contributed by atoms with van der Waals surface area (Å²) >= 11 is 6.12. The van der Waals surface area contributed by atoms with Gasteiger partial charge in [-0.1, -0.05) is 69.6 Å². The van der Waals surface area contributed by atoms with Gasteiger partial charge in [-0.2, -0.15) is 5.10 Å². The number of piperazine rings is 1. The first-order valence-corrected chi connectivity index (χ1v) is 13.0. The molecule has 1 fully saturated rings. The second-order valence-electron chi connectivity index (χ2n) is 7.73. The van der Waals surface area contributed by atoms with Gasteiger partial charge in [-0.15, -0.1) is 0 Å². The number of halogens is 1. The van der Waals surface area contributed by atoms with Crippen molar-refractivity contribution in [3.63, 3.8) is 0 Å². The van der Waals surface area contributed by atoms with E-state index < -0.39 is 0 Å². The van der Waals surface area contributed by atoms with Crippen LogP contribution in [0.1, 0.15) is 43.6 Å². The number of benzene rings is 2. The fourth-order valence-electron chi connectivity index (χ4n) is 4.00. The van der Waals surface area contributed by atoms with Crippen molar-refractivity contribution in [2.45, 2.75) is 34.2 Å². The number of carbonyl (C=O) groups is 1. The molecular formula is C28H35ClN6O. The maximum Gasteiger partial charge on any atom is 0.254 e. The molecule has 0 bridgehead atoms. The van der Waals surface area contributed by atoms with Crippen LogP contribution in [-0.2, 0) is 6.54 Å². The van der Waals surface area contributed by atoms with Gasteiger partial charge in [0.15, 0.2) is 5.65 Å². The number of nitrogens with zero attached hydrogens (tertiary/aromatic N) is 4. The molecule has 0 unspecified atom stereocenters. The van der Waals surface area contributed by atoms with Gasteiger partial charge in [0.1, 0.15) is 0 Å². The molecule has 5 rings (SSSR count). The third-order valence-corrected chi connectivity index (χ3v) is 5.88. The normalized spacial score (nSPS) is 12.8. The van der Waals surface area contributed by atoms with Gasteiger partial charge in [-0.3, -0.25) is 4.79 Å². The number of para-hydroxylation sites is 1. The largest absolute Gasteiger partial charge is 0.369 e. The molecule has 0 saturated carbocycles. The van der Waals surface area contributed by atoms with Gasteiger partial charge >= 0.3 is 0 Å². The van der Waals surface area contributed by atoms with E-state index in [2.05, 4.69) is 37.7 Å². The summed E-state index contributed by atoms with van der Waals surface area (Å²) in [5.74, 6) is -0.186. The molecule has 36 heavy (non-hydrogen) atoms. The first-order chi connectivity index (χ1) is 17.7. The minimum Gasteiger partial charge on any atom is -0.369 e. The van der Waals surface area contributed by atoms with Crippen molar-refractivity contribution in [2.24, 2.45) is 0 Å². The first kappa shape index (κ1) is 27.2. The lowest BCUT2D eigenvalue weighted by atomic mass is 10.1. The summed E-state index contributed by atoms with van der Waals surface area (Å²) in [6.45, 7) is 12.3. The fourth-order valence-corrected chi connectivity index (χ4v) is 4.19. The number of hydrogen-bond donors (Lipinski definition) is 2. The average Bonchev–Trinajstić information content (AvgIpc) is 3.38. The highest BCUT2D eigenvalue weighted by Gasteiger charge is 2.16. The molecule has 1 amide bonds. The lowest BCUT2D eigenvalue weighted by molar-refractivity contribution is 0.0950. The van der Waals surface area contributed by atoms with Crippen LogP contribution in [0, 0.1) is 0 Å². The lowest BCUT2D eigenvalue weighted by Crippen LogP contribution is -2.44. The molecule has 2 N–H and O–H groups in total. The highest BCUT2D eigenvalue weighted by atomic mass is 35.5. The number of nitrogens with one attached hydrogen (secondary N) is 2. The number of fused-ring (bicyclic) bond motifs is 1. The Hall–Kier alpha value is -3.42. The minimum absolute atomic E-state index is 0.186. The van der Waals surface area contributed by atoms with Crippen LogP contribution < -0.4 is 15.5 Å². The van der Waals surface area contributed by atoms with Gasteiger partial charge in [0.25, 0.3) is 5.91 Å². The van der Waals surface area contributed by atoms with E-state index in [-0.39, 0.29) is 5.91 Å². The second-order valence-corrected chi connectivity index (χ2v) is 8.16. The smallest absolute Gasteiger partial charge is 0.254 e. The van der Waals surface area contributed by atoms with Gasteiger partial charge in [-0.25, -0.2) is 9.50 Å². The first-order valence-electron chi connectivity index (χ1n) is 12.6. The molecule has 0 radical (unpaired) electrons. The summed E-state index contributed by atoms with van der Waals surface area (Å²) < 4.78 is 1.62. The highest BCUT2D eigenvalue weighted by Crippen LogP contribution is 2.26. The number of hydrogen-bond acceptors (Lipinski definition) is 5. The predicted octanol–water partition coefficient (Wildman–Crippen LogP) is 5.44. The summed E-state index contributed by atoms with van der Waals surface area (Å²) in [5, 5.41) is 11.4. The van der Waals surface area contributed by atoms with Crippen LogP contribution in [0.15, 0.2) is 67.1 Å². The summed E-state index contributed by atoms with van der Waals surface area (Å²) in [5.41, 5.74) is 5.19. The third-order valence-electron chi connectivity index (χ3n) is 5.64. The third kappa shape index (κ3) is 6.42. The van der Waals surface area contributed by atoms with Crippen LogP contribution in [0.25, 0.3) is 16.8 Å². The number of aromatic nitrogens is 3. The monoisotopic (exact) mass is 506 g/mol. The molecule has 3 heterocycles. The number of anilines is 1. The van der Waals surface area contributed by atoms with Crippen LogP contribution in [-0.4, -0.2) is 46.7 Å². The molecule has 4 aromatic rings. The van der Waals surface area contributed by atoms with Gasteiger partial charge in [-0.05, 0) is 29.3 Å². The van der Waals surface area contributed by atoms with E-state index in [1.54, 1.807) is 23.1 Å².